The van der Waals surface area contributed by atoms with Crippen LogP contribution in [0.5, 0.6) is 0 Å². The minimum atomic E-state index is -0.221. The van der Waals surface area contributed by atoms with Crippen molar-refractivity contribution in [1.82, 2.24) is 0 Å². The SMILES string of the molecule is CC(=O)O[C@@H]1CC[C@@H]2[C@H]3CC[C@]45O[C@H]4C(=O)C=C[C@]5(C)[C@@H]3CC[C@@]21C. The van der Waals surface area contributed by atoms with Crippen molar-refractivity contribution in [3.8, 4) is 0 Å². The zero-order chi connectivity index (χ0) is 17.6. The van der Waals surface area contributed by atoms with E-state index < -0.39 is 0 Å². The second-order valence-corrected chi connectivity index (χ2v) is 9.54. The fourth-order valence-corrected chi connectivity index (χ4v) is 7.42. The van der Waals surface area contributed by atoms with Crippen LogP contribution in [-0.4, -0.2) is 29.6 Å². The minimum Gasteiger partial charge on any atom is -0.462 e. The molecule has 5 rings (SSSR count). The average molecular weight is 344 g/mol. The summed E-state index contributed by atoms with van der Waals surface area (Å²) in [6.45, 7) is 6.20. The van der Waals surface area contributed by atoms with Gasteiger partial charge in [0.1, 0.15) is 11.7 Å². The van der Waals surface area contributed by atoms with Crippen molar-refractivity contribution in [2.45, 2.75) is 77.1 Å². The van der Waals surface area contributed by atoms with Crippen LogP contribution in [0.1, 0.15) is 59.3 Å². The lowest BCUT2D eigenvalue weighted by molar-refractivity contribution is -0.158. The zero-order valence-corrected chi connectivity index (χ0v) is 15.4. The molecule has 4 nitrogen and oxygen atoms in total. The highest BCUT2D eigenvalue weighted by Gasteiger charge is 2.75. The molecule has 0 N–H and O–H groups in total. The Kier molecular flexibility index (Phi) is 3.06. The Morgan fingerprint density at radius 3 is 2.72 bits per heavy atom. The minimum absolute atomic E-state index is 0.0185. The van der Waals surface area contributed by atoms with E-state index in [9.17, 15) is 9.59 Å². The lowest BCUT2D eigenvalue weighted by Crippen LogP contribution is -2.57. The smallest absolute Gasteiger partial charge is 0.302 e. The van der Waals surface area contributed by atoms with Gasteiger partial charge in [-0.3, -0.25) is 9.59 Å². The molecule has 0 amide bonds. The standard InChI is InChI=1S/C21H28O4/c1-12(22)24-17-5-4-14-13-6-11-21-18(25-21)16(23)8-10-20(21,3)15(13)7-9-19(14,17)2/h8,10,13-15,17-18H,4-7,9,11H2,1-3H3/t13-,14-,15-,17-,18+,19+,20-,21+/m1/s1. The zero-order valence-electron chi connectivity index (χ0n) is 15.4. The maximum atomic E-state index is 12.1. The summed E-state index contributed by atoms with van der Waals surface area (Å²) in [5.41, 5.74) is -0.122. The second kappa shape index (κ2) is 4.76. The van der Waals surface area contributed by atoms with Crippen LogP contribution in [0.25, 0.3) is 0 Å². The highest BCUT2D eigenvalue weighted by Crippen LogP contribution is 2.71. The molecule has 25 heavy (non-hydrogen) atoms. The summed E-state index contributed by atoms with van der Waals surface area (Å²) in [7, 11) is 0. The van der Waals surface area contributed by atoms with Gasteiger partial charge in [0.15, 0.2) is 11.9 Å². The average Bonchev–Trinajstić information content (AvgIpc) is 3.22. The highest BCUT2D eigenvalue weighted by molar-refractivity contribution is 5.98. The third kappa shape index (κ3) is 1.82. The quantitative estimate of drug-likeness (QED) is 0.540. The molecule has 0 aromatic rings. The third-order valence-corrected chi connectivity index (χ3v) is 8.74. The van der Waals surface area contributed by atoms with Crippen LogP contribution in [0.15, 0.2) is 12.2 Å². The first-order valence-corrected chi connectivity index (χ1v) is 9.90. The lowest BCUT2D eigenvalue weighted by atomic mass is 9.46. The van der Waals surface area contributed by atoms with E-state index in [4.69, 9.17) is 9.47 Å². The van der Waals surface area contributed by atoms with E-state index in [1.54, 1.807) is 6.08 Å². The van der Waals surface area contributed by atoms with Crippen LogP contribution in [-0.2, 0) is 19.1 Å². The van der Waals surface area contributed by atoms with Crippen molar-refractivity contribution in [2.24, 2.45) is 28.6 Å². The predicted molar refractivity (Wildman–Crippen MR) is 91.7 cm³/mol. The summed E-state index contributed by atoms with van der Waals surface area (Å²) in [6.07, 6.45) is 10.4. The van der Waals surface area contributed by atoms with Crippen molar-refractivity contribution in [1.29, 1.82) is 0 Å². The van der Waals surface area contributed by atoms with E-state index in [-0.39, 0.29) is 40.4 Å². The molecule has 4 fully saturated rings. The lowest BCUT2D eigenvalue weighted by Gasteiger charge is -2.57. The van der Waals surface area contributed by atoms with Gasteiger partial charge in [0.25, 0.3) is 0 Å². The van der Waals surface area contributed by atoms with Crippen LogP contribution in [0.3, 0.4) is 0 Å². The van der Waals surface area contributed by atoms with E-state index >= 15 is 0 Å². The molecule has 5 aliphatic rings. The number of ether oxygens (including phenoxy) is 2. The normalized spacial score (nSPS) is 55.6. The van der Waals surface area contributed by atoms with Gasteiger partial charge in [0.05, 0.1) is 0 Å². The number of fused-ring (bicyclic) bond motifs is 4. The fourth-order valence-electron chi connectivity index (χ4n) is 7.42. The van der Waals surface area contributed by atoms with Crippen LogP contribution < -0.4 is 0 Å². The molecule has 0 bridgehead atoms. The van der Waals surface area contributed by atoms with E-state index in [0.29, 0.717) is 17.8 Å². The Bertz CT molecular complexity index is 683. The molecule has 136 valence electrons. The van der Waals surface area contributed by atoms with E-state index in [1.807, 2.05) is 0 Å². The summed E-state index contributed by atoms with van der Waals surface area (Å²) in [5.74, 6) is 1.86. The monoisotopic (exact) mass is 344 g/mol. The van der Waals surface area contributed by atoms with Gasteiger partial charge in [-0.05, 0) is 62.4 Å². The molecule has 3 saturated carbocycles. The Balaban J connectivity index is 1.47. The van der Waals surface area contributed by atoms with Crippen molar-refractivity contribution in [3.05, 3.63) is 12.2 Å². The molecular formula is C21H28O4. The van der Waals surface area contributed by atoms with Gasteiger partial charge < -0.3 is 9.47 Å². The summed E-state index contributed by atoms with van der Waals surface area (Å²) in [5, 5.41) is 0. The summed E-state index contributed by atoms with van der Waals surface area (Å²) in [6, 6.07) is 0. The molecule has 1 heterocycles. The third-order valence-electron chi connectivity index (χ3n) is 8.74. The van der Waals surface area contributed by atoms with Gasteiger partial charge >= 0.3 is 5.97 Å². The van der Waals surface area contributed by atoms with Crippen molar-refractivity contribution in [2.75, 3.05) is 0 Å². The van der Waals surface area contributed by atoms with Gasteiger partial charge in [-0.1, -0.05) is 19.9 Å². The van der Waals surface area contributed by atoms with E-state index in [2.05, 4.69) is 19.9 Å². The van der Waals surface area contributed by atoms with Crippen molar-refractivity contribution >= 4 is 11.8 Å². The molecule has 0 aromatic carbocycles. The molecular weight excluding hydrogens is 316 g/mol. The summed E-state index contributed by atoms with van der Waals surface area (Å²) in [4.78, 5) is 23.6. The second-order valence-electron chi connectivity index (χ2n) is 9.54. The van der Waals surface area contributed by atoms with Crippen LogP contribution >= 0.6 is 0 Å². The summed E-state index contributed by atoms with van der Waals surface area (Å²) >= 11 is 0. The first-order valence-electron chi connectivity index (χ1n) is 9.90. The Morgan fingerprint density at radius 2 is 1.96 bits per heavy atom. The topological polar surface area (TPSA) is 55.9 Å². The maximum absolute atomic E-state index is 12.1. The number of epoxide rings is 1. The molecule has 4 aliphatic carbocycles. The molecule has 0 unspecified atom stereocenters. The van der Waals surface area contributed by atoms with Gasteiger partial charge in [-0.15, -0.1) is 0 Å². The van der Waals surface area contributed by atoms with E-state index in [1.165, 1.54) is 6.92 Å². The largest absolute Gasteiger partial charge is 0.462 e. The maximum Gasteiger partial charge on any atom is 0.302 e. The molecule has 1 aliphatic heterocycles. The molecule has 4 heteroatoms. The first-order chi connectivity index (χ1) is 11.8. The number of hydrogen-bond donors (Lipinski definition) is 0. The molecule has 1 spiro atoms. The Hall–Kier alpha value is -1.16. The number of carbonyl (C=O) groups is 2. The highest BCUT2D eigenvalue weighted by atomic mass is 16.6. The van der Waals surface area contributed by atoms with Crippen molar-refractivity contribution in [3.63, 3.8) is 0 Å². The molecule has 0 aromatic heterocycles. The molecule has 0 radical (unpaired) electrons. The fraction of sp³-hybridized carbons (Fsp3) is 0.810. The Labute approximate surface area is 149 Å². The van der Waals surface area contributed by atoms with Gasteiger partial charge in [0.2, 0.25) is 0 Å². The number of ketones is 1. The number of hydrogen-bond acceptors (Lipinski definition) is 4. The van der Waals surface area contributed by atoms with Gasteiger partial charge in [0, 0.05) is 17.8 Å². The van der Waals surface area contributed by atoms with Crippen molar-refractivity contribution < 1.29 is 19.1 Å². The first kappa shape index (κ1) is 16.0. The predicted octanol–water partition coefficient (Wildman–Crippen LogP) is 3.44. The molecule has 8 atom stereocenters. The Morgan fingerprint density at radius 1 is 1.16 bits per heavy atom. The van der Waals surface area contributed by atoms with Gasteiger partial charge in [-0.25, -0.2) is 0 Å². The van der Waals surface area contributed by atoms with Gasteiger partial charge in [-0.2, -0.15) is 0 Å². The van der Waals surface area contributed by atoms with Crippen LogP contribution in [0, 0.1) is 28.6 Å². The van der Waals surface area contributed by atoms with Crippen LogP contribution in [0.2, 0.25) is 0 Å². The number of esters is 1. The van der Waals surface area contributed by atoms with Crippen LogP contribution in [0.4, 0.5) is 0 Å². The van der Waals surface area contributed by atoms with E-state index in [0.717, 1.165) is 38.5 Å². The number of carbonyl (C=O) groups excluding carboxylic acids is 2. The summed E-state index contributed by atoms with van der Waals surface area (Å²) < 4.78 is 11.8. The number of rotatable bonds is 1. The molecule has 1 saturated heterocycles.